The van der Waals surface area contributed by atoms with Gasteiger partial charge < -0.3 is 20.1 Å². The predicted octanol–water partition coefficient (Wildman–Crippen LogP) is 8.53. The number of amides is 1. The van der Waals surface area contributed by atoms with Crippen LogP contribution in [0, 0.1) is 6.92 Å². The van der Waals surface area contributed by atoms with Gasteiger partial charge in [-0.3, -0.25) is 4.79 Å². The molecule has 0 saturated carbocycles. The SMILES string of the molecule is CCCCCCOc1c(Br)cc(C2C(C(=O)Nc3cccc(C)c3)=C(C)Nc3nc(SCCCC)nn32)cc1OCC. The molecule has 2 heterocycles. The number of nitrogens with zero attached hydrogens (tertiary/aromatic N) is 3. The highest BCUT2D eigenvalue weighted by atomic mass is 79.9. The Morgan fingerprint density at radius 1 is 1.07 bits per heavy atom. The van der Waals surface area contributed by atoms with Crippen LogP contribution >= 0.6 is 27.7 Å². The molecule has 0 saturated heterocycles. The summed E-state index contributed by atoms with van der Waals surface area (Å²) in [4.78, 5) is 18.7. The van der Waals surface area contributed by atoms with E-state index in [1.165, 1.54) is 12.8 Å². The highest BCUT2D eigenvalue weighted by Crippen LogP contribution is 2.43. The van der Waals surface area contributed by atoms with E-state index in [4.69, 9.17) is 19.6 Å². The van der Waals surface area contributed by atoms with E-state index in [1.54, 1.807) is 11.8 Å². The molecule has 1 unspecified atom stereocenters. The van der Waals surface area contributed by atoms with Crippen molar-refractivity contribution in [3.05, 3.63) is 63.3 Å². The fourth-order valence-corrected chi connectivity index (χ4v) is 6.36. The van der Waals surface area contributed by atoms with Gasteiger partial charge in [0.25, 0.3) is 5.91 Å². The third kappa shape index (κ3) is 7.89. The first kappa shape index (κ1) is 31.9. The Balaban J connectivity index is 1.75. The van der Waals surface area contributed by atoms with Gasteiger partial charge in [0.05, 0.1) is 23.3 Å². The first-order valence-corrected chi connectivity index (χ1v) is 16.7. The van der Waals surface area contributed by atoms with Gasteiger partial charge in [-0.2, -0.15) is 4.98 Å². The zero-order valence-electron chi connectivity index (χ0n) is 25.3. The number of fused-ring (bicyclic) bond motifs is 1. The van der Waals surface area contributed by atoms with Crippen LogP contribution in [0.25, 0.3) is 0 Å². The number of nitrogens with one attached hydrogen (secondary N) is 2. The topological polar surface area (TPSA) is 90.3 Å². The second kappa shape index (κ2) is 15.5. The molecule has 3 aromatic rings. The van der Waals surface area contributed by atoms with Crippen LogP contribution in [0.1, 0.15) is 83.4 Å². The molecule has 8 nitrogen and oxygen atoms in total. The van der Waals surface area contributed by atoms with Gasteiger partial charge in [0.1, 0.15) is 6.04 Å². The summed E-state index contributed by atoms with van der Waals surface area (Å²) in [6, 6.07) is 11.2. The van der Waals surface area contributed by atoms with Crippen LogP contribution < -0.4 is 20.1 Å². The third-order valence-electron chi connectivity index (χ3n) is 6.97. The molecular weight excluding hydrogens is 614 g/mol. The number of hydrogen-bond acceptors (Lipinski definition) is 7. The highest BCUT2D eigenvalue weighted by molar-refractivity contribution is 9.10. The van der Waals surface area contributed by atoms with Gasteiger partial charge in [0.2, 0.25) is 11.1 Å². The monoisotopic (exact) mass is 655 g/mol. The Labute approximate surface area is 262 Å². The number of thioether (sulfide) groups is 1. The van der Waals surface area contributed by atoms with Crippen molar-refractivity contribution >= 4 is 45.2 Å². The van der Waals surface area contributed by atoms with Gasteiger partial charge in [-0.1, -0.05) is 63.4 Å². The summed E-state index contributed by atoms with van der Waals surface area (Å²) in [7, 11) is 0. The number of benzene rings is 2. The molecule has 10 heteroatoms. The third-order valence-corrected chi connectivity index (χ3v) is 8.49. The van der Waals surface area contributed by atoms with Crippen molar-refractivity contribution in [2.24, 2.45) is 0 Å². The molecular formula is C32H42BrN5O3S. The number of carbonyl (C=O) groups is 1. The fraction of sp³-hybridized carbons (Fsp3) is 0.469. The molecule has 0 radical (unpaired) electrons. The number of ether oxygens (including phenoxy) is 2. The van der Waals surface area contributed by atoms with E-state index >= 15 is 0 Å². The molecule has 0 aliphatic carbocycles. The Kier molecular flexibility index (Phi) is 11.8. The van der Waals surface area contributed by atoms with Crippen LogP contribution in [0.5, 0.6) is 11.5 Å². The fourth-order valence-electron chi connectivity index (χ4n) is 4.88. The van der Waals surface area contributed by atoms with E-state index < -0.39 is 6.04 Å². The second-order valence-corrected chi connectivity index (χ2v) is 12.3. The van der Waals surface area contributed by atoms with Crippen LogP contribution in [0.4, 0.5) is 11.6 Å². The maximum Gasteiger partial charge on any atom is 0.255 e. The number of unbranched alkanes of at least 4 members (excludes halogenated alkanes) is 4. The quantitative estimate of drug-likeness (QED) is 0.125. The minimum Gasteiger partial charge on any atom is -0.490 e. The number of allylic oxidation sites excluding steroid dienone is 1. The number of halogens is 1. The average molecular weight is 657 g/mol. The lowest BCUT2D eigenvalue weighted by molar-refractivity contribution is -0.113. The predicted molar refractivity (Wildman–Crippen MR) is 175 cm³/mol. The molecule has 0 fully saturated rings. The van der Waals surface area contributed by atoms with Crippen molar-refractivity contribution in [3.8, 4) is 11.5 Å². The van der Waals surface area contributed by atoms with Crippen molar-refractivity contribution < 1.29 is 14.3 Å². The van der Waals surface area contributed by atoms with E-state index in [1.807, 2.05) is 61.9 Å². The first-order valence-electron chi connectivity index (χ1n) is 14.9. The van der Waals surface area contributed by atoms with E-state index in [9.17, 15) is 4.79 Å². The minimum atomic E-state index is -0.534. The van der Waals surface area contributed by atoms with E-state index in [-0.39, 0.29) is 5.91 Å². The summed E-state index contributed by atoms with van der Waals surface area (Å²) in [5.74, 6) is 2.64. The maximum atomic E-state index is 13.9. The van der Waals surface area contributed by atoms with Gasteiger partial charge >= 0.3 is 0 Å². The molecule has 226 valence electrons. The normalized spacial score (nSPS) is 14.4. The molecule has 42 heavy (non-hydrogen) atoms. The number of aryl methyl sites for hydroxylation is 1. The van der Waals surface area contributed by atoms with Crippen molar-refractivity contribution in [3.63, 3.8) is 0 Å². The Morgan fingerprint density at radius 2 is 1.88 bits per heavy atom. The maximum absolute atomic E-state index is 13.9. The Morgan fingerprint density at radius 3 is 2.62 bits per heavy atom. The summed E-state index contributed by atoms with van der Waals surface area (Å²) in [5, 5.41) is 12.0. The number of aromatic nitrogens is 3. The summed E-state index contributed by atoms with van der Waals surface area (Å²) in [6.45, 7) is 11.3. The molecule has 2 N–H and O–H groups in total. The van der Waals surface area contributed by atoms with Gasteiger partial charge in [-0.25, -0.2) is 4.68 Å². The molecule has 1 amide bonds. The van der Waals surface area contributed by atoms with Crippen molar-refractivity contribution in [1.82, 2.24) is 14.8 Å². The Hall–Kier alpha value is -2.98. The van der Waals surface area contributed by atoms with Gasteiger partial charge in [-0.15, -0.1) is 5.10 Å². The average Bonchev–Trinajstić information content (AvgIpc) is 3.35. The number of rotatable bonds is 15. The molecule has 1 aliphatic heterocycles. The van der Waals surface area contributed by atoms with Crippen molar-refractivity contribution in [2.75, 3.05) is 29.6 Å². The molecule has 1 aromatic heterocycles. The van der Waals surface area contributed by atoms with Crippen LogP contribution in [0.15, 0.2) is 57.3 Å². The summed E-state index contributed by atoms with van der Waals surface area (Å²) < 4.78 is 14.9. The van der Waals surface area contributed by atoms with Gasteiger partial charge in [0.15, 0.2) is 11.5 Å². The lowest BCUT2D eigenvalue weighted by Gasteiger charge is -2.29. The van der Waals surface area contributed by atoms with E-state index in [2.05, 4.69) is 40.4 Å². The second-order valence-electron chi connectivity index (χ2n) is 10.4. The van der Waals surface area contributed by atoms with Crippen LogP contribution in [-0.2, 0) is 4.79 Å². The lowest BCUT2D eigenvalue weighted by Crippen LogP contribution is -2.31. The largest absolute Gasteiger partial charge is 0.490 e. The molecule has 1 atom stereocenters. The molecule has 0 bridgehead atoms. The number of carbonyl (C=O) groups excluding carboxylic acids is 1. The zero-order valence-corrected chi connectivity index (χ0v) is 27.7. The standard InChI is InChI=1S/C32H42BrN5O3S/c1-6-9-11-12-16-41-29-25(33)19-23(20-26(29)40-8-3)28-27(30(39)35-24-15-13-14-21(4)18-24)22(5)34-31-36-32(37-38(28)31)42-17-10-7-2/h13-15,18-20,28H,6-12,16-17H2,1-5H3,(H,35,39)(H,34,36,37). The minimum absolute atomic E-state index is 0.206. The van der Waals surface area contributed by atoms with Gasteiger partial charge in [-0.05, 0) is 84.9 Å². The summed E-state index contributed by atoms with van der Waals surface area (Å²) in [5.41, 5.74) is 3.93. The summed E-state index contributed by atoms with van der Waals surface area (Å²) >= 11 is 5.38. The van der Waals surface area contributed by atoms with Gasteiger partial charge in [0, 0.05) is 17.1 Å². The zero-order chi connectivity index (χ0) is 30.1. The Bertz CT molecular complexity index is 1410. The van der Waals surface area contributed by atoms with E-state index in [0.29, 0.717) is 41.4 Å². The smallest absolute Gasteiger partial charge is 0.255 e. The van der Waals surface area contributed by atoms with Crippen molar-refractivity contribution in [1.29, 1.82) is 0 Å². The molecule has 0 spiro atoms. The summed E-state index contributed by atoms with van der Waals surface area (Å²) in [6.07, 6.45) is 6.66. The first-order chi connectivity index (χ1) is 20.4. The number of hydrogen-bond donors (Lipinski definition) is 2. The van der Waals surface area contributed by atoms with E-state index in [0.717, 1.165) is 58.4 Å². The molecule has 4 rings (SSSR count). The highest BCUT2D eigenvalue weighted by Gasteiger charge is 2.35. The van der Waals surface area contributed by atoms with Crippen molar-refractivity contribution in [2.45, 2.75) is 84.3 Å². The molecule has 1 aliphatic rings. The van der Waals surface area contributed by atoms with Crippen LogP contribution in [-0.4, -0.2) is 39.6 Å². The number of anilines is 2. The van der Waals surface area contributed by atoms with Crippen LogP contribution in [0.3, 0.4) is 0 Å². The lowest BCUT2D eigenvalue weighted by atomic mass is 9.94. The molecule has 2 aromatic carbocycles. The van der Waals surface area contributed by atoms with Crippen LogP contribution in [0.2, 0.25) is 0 Å².